The maximum absolute atomic E-state index is 6.03. The lowest BCUT2D eigenvalue weighted by molar-refractivity contribution is 0.473. The van der Waals surface area contributed by atoms with Gasteiger partial charge in [-0.15, -0.1) is 0 Å². The van der Waals surface area contributed by atoms with Gasteiger partial charge in [0.1, 0.15) is 11.5 Å². The van der Waals surface area contributed by atoms with Gasteiger partial charge in [-0.3, -0.25) is 0 Å². The van der Waals surface area contributed by atoms with Crippen molar-refractivity contribution < 1.29 is 4.42 Å². The maximum Gasteiger partial charge on any atom is 0.134 e. The van der Waals surface area contributed by atoms with E-state index >= 15 is 0 Å². The quantitative estimate of drug-likeness (QED) is 0.890. The number of benzene rings is 1. The monoisotopic (exact) mass is 263 g/mol. The van der Waals surface area contributed by atoms with E-state index in [2.05, 4.69) is 13.8 Å². The van der Waals surface area contributed by atoms with E-state index in [0.717, 1.165) is 34.1 Å². The third-order valence-corrected chi connectivity index (χ3v) is 3.41. The summed E-state index contributed by atoms with van der Waals surface area (Å²) in [4.78, 5) is 0. The molecule has 1 aromatic carbocycles. The van der Waals surface area contributed by atoms with Crippen LogP contribution in [0.4, 0.5) is 0 Å². The van der Waals surface area contributed by atoms with Crippen LogP contribution in [0.3, 0.4) is 0 Å². The summed E-state index contributed by atoms with van der Waals surface area (Å²) in [6.45, 7) is 4.85. The molecular formula is C15H18ClNO. The molecule has 0 aliphatic rings. The molecule has 0 aliphatic heterocycles. The Morgan fingerprint density at radius 3 is 2.78 bits per heavy atom. The van der Waals surface area contributed by atoms with E-state index in [0.29, 0.717) is 12.5 Å². The third-order valence-electron chi connectivity index (χ3n) is 3.18. The Kier molecular flexibility index (Phi) is 4.10. The van der Waals surface area contributed by atoms with Crippen LogP contribution in [0.5, 0.6) is 0 Å². The van der Waals surface area contributed by atoms with Crippen molar-refractivity contribution in [3.63, 3.8) is 0 Å². The number of furan rings is 1. The van der Waals surface area contributed by atoms with Gasteiger partial charge in [0.2, 0.25) is 0 Å². The molecule has 3 heteroatoms. The van der Waals surface area contributed by atoms with Gasteiger partial charge in [-0.25, -0.2) is 0 Å². The highest BCUT2D eigenvalue weighted by Crippen LogP contribution is 2.31. The molecule has 0 fully saturated rings. The summed E-state index contributed by atoms with van der Waals surface area (Å²) in [6, 6.07) is 9.86. The molecule has 1 heterocycles. The molecule has 96 valence electrons. The smallest absolute Gasteiger partial charge is 0.134 e. The summed E-state index contributed by atoms with van der Waals surface area (Å²) in [5, 5.41) is 0.726. The molecule has 1 unspecified atom stereocenters. The van der Waals surface area contributed by atoms with Crippen LogP contribution >= 0.6 is 11.6 Å². The first-order valence-electron chi connectivity index (χ1n) is 6.18. The van der Waals surface area contributed by atoms with Crippen molar-refractivity contribution in [1.82, 2.24) is 0 Å². The van der Waals surface area contributed by atoms with Crippen LogP contribution in [0.15, 0.2) is 34.7 Å². The van der Waals surface area contributed by atoms with Gasteiger partial charge in [-0.1, -0.05) is 24.6 Å². The van der Waals surface area contributed by atoms with Crippen molar-refractivity contribution in [2.45, 2.75) is 26.2 Å². The summed E-state index contributed by atoms with van der Waals surface area (Å²) in [7, 11) is 0. The highest BCUT2D eigenvalue weighted by atomic mass is 35.5. The highest BCUT2D eigenvalue weighted by Gasteiger charge is 2.12. The fourth-order valence-electron chi connectivity index (χ4n) is 2.01. The van der Waals surface area contributed by atoms with Crippen LogP contribution in [0.25, 0.3) is 11.3 Å². The Hall–Kier alpha value is -1.25. The number of hydrogen-bond donors (Lipinski definition) is 1. The minimum absolute atomic E-state index is 0.350. The van der Waals surface area contributed by atoms with Gasteiger partial charge in [0, 0.05) is 16.5 Å². The van der Waals surface area contributed by atoms with Crippen molar-refractivity contribution in [2.75, 3.05) is 6.54 Å². The number of aryl methyl sites for hydroxylation is 1. The second kappa shape index (κ2) is 5.59. The van der Waals surface area contributed by atoms with E-state index in [9.17, 15) is 0 Å². The van der Waals surface area contributed by atoms with E-state index < -0.39 is 0 Å². The Labute approximate surface area is 113 Å². The van der Waals surface area contributed by atoms with Crippen LogP contribution in [-0.2, 0) is 0 Å². The molecule has 2 aromatic rings. The van der Waals surface area contributed by atoms with Crippen LogP contribution in [0.2, 0.25) is 5.02 Å². The SMILES string of the molecule is Cc1ccc(Cl)cc1-c1ccc(C(C)CCN)o1. The normalized spacial score (nSPS) is 12.7. The summed E-state index contributed by atoms with van der Waals surface area (Å²) in [5.41, 5.74) is 7.78. The van der Waals surface area contributed by atoms with Crippen molar-refractivity contribution in [2.24, 2.45) is 5.73 Å². The van der Waals surface area contributed by atoms with E-state index in [-0.39, 0.29) is 0 Å². The second-order valence-electron chi connectivity index (χ2n) is 4.64. The summed E-state index contributed by atoms with van der Waals surface area (Å²) in [6.07, 6.45) is 0.932. The van der Waals surface area contributed by atoms with Gasteiger partial charge in [-0.05, 0) is 49.7 Å². The van der Waals surface area contributed by atoms with Gasteiger partial charge < -0.3 is 10.2 Å². The molecule has 0 aliphatic carbocycles. The second-order valence-corrected chi connectivity index (χ2v) is 5.08. The van der Waals surface area contributed by atoms with Crippen molar-refractivity contribution in [3.05, 3.63) is 46.7 Å². The first-order valence-corrected chi connectivity index (χ1v) is 6.56. The molecule has 0 amide bonds. The minimum atomic E-state index is 0.350. The average molecular weight is 264 g/mol. The Morgan fingerprint density at radius 2 is 2.06 bits per heavy atom. The Balaban J connectivity index is 2.32. The molecule has 2 N–H and O–H groups in total. The number of hydrogen-bond acceptors (Lipinski definition) is 2. The largest absolute Gasteiger partial charge is 0.461 e. The number of nitrogens with two attached hydrogens (primary N) is 1. The zero-order valence-electron chi connectivity index (χ0n) is 10.7. The van der Waals surface area contributed by atoms with E-state index in [1.54, 1.807) is 0 Å². The van der Waals surface area contributed by atoms with Gasteiger partial charge in [0.05, 0.1) is 0 Å². The molecule has 0 spiro atoms. The van der Waals surface area contributed by atoms with Gasteiger partial charge in [-0.2, -0.15) is 0 Å². The molecule has 2 rings (SSSR count). The molecule has 1 atom stereocenters. The third kappa shape index (κ3) is 2.77. The fraction of sp³-hybridized carbons (Fsp3) is 0.333. The van der Waals surface area contributed by atoms with E-state index in [1.807, 2.05) is 30.3 Å². The number of rotatable bonds is 4. The van der Waals surface area contributed by atoms with Crippen molar-refractivity contribution in [1.29, 1.82) is 0 Å². The van der Waals surface area contributed by atoms with E-state index in [4.69, 9.17) is 21.8 Å². The zero-order chi connectivity index (χ0) is 13.1. The predicted octanol–water partition coefficient (Wildman–Crippen LogP) is 4.36. The Bertz CT molecular complexity index is 533. The summed E-state index contributed by atoms with van der Waals surface area (Å²) < 4.78 is 5.91. The molecule has 18 heavy (non-hydrogen) atoms. The maximum atomic E-state index is 6.03. The molecule has 1 aromatic heterocycles. The van der Waals surface area contributed by atoms with Crippen molar-refractivity contribution >= 4 is 11.6 Å². The van der Waals surface area contributed by atoms with E-state index in [1.165, 1.54) is 0 Å². The zero-order valence-corrected chi connectivity index (χ0v) is 11.5. The van der Waals surface area contributed by atoms with Gasteiger partial charge >= 0.3 is 0 Å². The fourth-order valence-corrected chi connectivity index (χ4v) is 2.19. The number of halogens is 1. The lowest BCUT2D eigenvalue weighted by Crippen LogP contribution is -2.03. The molecular weight excluding hydrogens is 246 g/mol. The summed E-state index contributed by atoms with van der Waals surface area (Å²) in [5.74, 6) is 2.20. The molecule has 0 saturated carbocycles. The lowest BCUT2D eigenvalue weighted by Gasteiger charge is -2.07. The topological polar surface area (TPSA) is 39.2 Å². The minimum Gasteiger partial charge on any atom is -0.461 e. The molecule has 0 bridgehead atoms. The molecule has 0 saturated heterocycles. The van der Waals surface area contributed by atoms with Gasteiger partial charge in [0.25, 0.3) is 0 Å². The highest BCUT2D eigenvalue weighted by molar-refractivity contribution is 6.30. The standard InChI is InChI=1S/C15H18ClNO/c1-10-3-4-12(16)9-13(10)15-6-5-14(18-15)11(2)7-8-17/h3-6,9,11H,7-8,17H2,1-2H3. The van der Waals surface area contributed by atoms with Crippen molar-refractivity contribution in [3.8, 4) is 11.3 Å². The van der Waals surface area contributed by atoms with Crippen LogP contribution in [-0.4, -0.2) is 6.54 Å². The Morgan fingerprint density at radius 1 is 1.28 bits per heavy atom. The first-order chi connectivity index (χ1) is 8.61. The summed E-state index contributed by atoms with van der Waals surface area (Å²) >= 11 is 6.03. The van der Waals surface area contributed by atoms with Gasteiger partial charge in [0.15, 0.2) is 0 Å². The molecule has 0 radical (unpaired) electrons. The average Bonchev–Trinajstić information content (AvgIpc) is 2.82. The van der Waals surface area contributed by atoms with Crippen LogP contribution < -0.4 is 5.73 Å². The lowest BCUT2D eigenvalue weighted by atomic mass is 10.1. The van der Waals surface area contributed by atoms with Crippen LogP contribution in [0.1, 0.15) is 30.6 Å². The first kappa shape index (κ1) is 13.2. The van der Waals surface area contributed by atoms with Crippen LogP contribution in [0, 0.1) is 6.92 Å². The predicted molar refractivity (Wildman–Crippen MR) is 76.0 cm³/mol. The molecule has 2 nitrogen and oxygen atoms in total.